The van der Waals surface area contributed by atoms with Crippen LogP contribution in [0.4, 0.5) is 20.2 Å². The molecule has 3 nitrogen and oxygen atoms in total. The lowest BCUT2D eigenvalue weighted by atomic mass is 9.89. The Morgan fingerprint density at radius 1 is 1.04 bits per heavy atom. The number of hydrogen-bond acceptors (Lipinski definition) is 3. The zero-order valence-electron chi connectivity index (χ0n) is 16.3. The van der Waals surface area contributed by atoms with E-state index in [4.69, 9.17) is 0 Å². The highest BCUT2D eigenvalue weighted by Crippen LogP contribution is 2.44. The molecule has 0 aliphatic carbocycles. The molecule has 0 saturated carbocycles. The van der Waals surface area contributed by atoms with Gasteiger partial charge in [-0.05, 0) is 87.0 Å². The minimum atomic E-state index is -0.146. The van der Waals surface area contributed by atoms with Crippen LogP contribution in [0.2, 0.25) is 0 Å². The van der Waals surface area contributed by atoms with Gasteiger partial charge in [-0.25, -0.2) is 8.78 Å². The van der Waals surface area contributed by atoms with Crippen molar-refractivity contribution < 1.29 is 8.78 Å². The Bertz CT molecular complexity index is 876. The molecule has 0 bridgehead atoms. The van der Waals surface area contributed by atoms with E-state index in [-0.39, 0.29) is 17.8 Å². The smallest absolute Gasteiger partial charge is 0.125 e. The molecule has 1 saturated heterocycles. The van der Waals surface area contributed by atoms with Gasteiger partial charge in [-0.2, -0.15) is 0 Å². The first-order valence-electron chi connectivity index (χ1n) is 10.4. The molecular weight excluding hydrogens is 356 g/mol. The molecular formula is C23H27F2N3. The van der Waals surface area contributed by atoms with E-state index in [0.717, 1.165) is 62.1 Å². The molecule has 3 aliphatic heterocycles. The number of anilines is 2. The van der Waals surface area contributed by atoms with E-state index in [0.29, 0.717) is 12.0 Å². The van der Waals surface area contributed by atoms with E-state index in [9.17, 15) is 8.78 Å². The largest absolute Gasteiger partial charge is 0.362 e. The Balaban J connectivity index is 1.27. The van der Waals surface area contributed by atoms with Crippen LogP contribution in [0.25, 0.3) is 0 Å². The molecule has 2 atom stereocenters. The second-order valence-electron chi connectivity index (χ2n) is 8.55. The number of aryl methyl sites for hydroxylation is 1. The van der Waals surface area contributed by atoms with Crippen LogP contribution in [0.1, 0.15) is 43.2 Å². The summed E-state index contributed by atoms with van der Waals surface area (Å²) in [4.78, 5) is 4.96. The van der Waals surface area contributed by atoms with Gasteiger partial charge in [0, 0.05) is 12.6 Å². The van der Waals surface area contributed by atoms with Crippen molar-refractivity contribution in [3.05, 3.63) is 59.2 Å². The number of nitrogens with one attached hydrogen (secondary N) is 1. The predicted molar refractivity (Wildman–Crippen MR) is 109 cm³/mol. The number of piperidine rings is 1. The minimum Gasteiger partial charge on any atom is -0.362 e. The number of hydrogen-bond donors (Lipinski definition) is 1. The maximum absolute atomic E-state index is 14.0. The van der Waals surface area contributed by atoms with E-state index < -0.39 is 0 Å². The third-order valence-electron chi connectivity index (χ3n) is 6.71. The van der Waals surface area contributed by atoms with Gasteiger partial charge in [0.15, 0.2) is 0 Å². The molecule has 5 rings (SSSR count). The zero-order chi connectivity index (χ0) is 19.3. The average molecular weight is 383 g/mol. The normalized spacial score (nSPS) is 24.9. The first-order valence-corrected chi connectivity index (χ1v) is 10.4. The van der Waals surface area contributed by atoms with Crippen molar-refractivity contribution in [2.24, 2.45) is 0 Å². The molecule has 1 fully saturated rings. The summed E-state index contributed by atoms with van der Waals surface area (Å²) >= 11 is 0. The second kappa shape index (κ2) is 7.03. The highest BCUT2D eigenvalue weighted by atomic mass is 19.1. The molecule has 0 aromatic heterocycles. The van der Waals surface area contributed by atoms with Gasteiger partial charge in [-0.3, -0.25) is 4.90 Å². The lowest BCUT2D eigenvalue weighted by Gasteiger charge is -2.40. The van der Waals surface area contributed by atoms with E-state index in [1.807, 2.05) is 12.1 Å². The third-order valence-corrected chi connectivity index (χ3v) is 6.71. The van der Waals surface area contributed by atoms with Gasteiger partial charge in [0.05, 0.1) is 11.4 Å². The molecule has 1 N–H and O–H groups in total. The first-order chi connectivity index (χ1) is 13.6. The Morgan fingerprint density at radius 3 is 2.64 bits per heavy atom. The molecule has 2 aromatic carbocycles. The number of rotatable bonds is 3. The molecule has 2 unspecified atom stereocenters. The standard InChI is InChI=1S/C23H27F2N3/c1-15-5-6-18-12-20(25)13-21-23(18)28(15)22(26-21)14-27-9-7-16(8-10-27)17-3-2-4-19(24)11-17/h2-4,11-13,15-16,22,26H,5-10,14H2,1H3. The highest BCUT2D eigenvalue weighted by Gasteiger charge is 2.38. The fraction of sp³-hybridized carbons (Fsp3) is 0.478. The maximum Gasteiger partial charge on any atom is 0.125 e. The van der Waals surface area contributed by atoms with Gasteiger partial charge in [-0.1, -0.05) is 12.1 Å². The second-order valence-corrected chi connectivity index (χ2v) is 8.55. The van der Waals surface area contributed by atoms with Crippen LogP contribution < -0.4 is 10.2 Å². The molecule has 28 heavy (non-hydrogen) atoms. The number of nitrogens with zero attached hydrogens (tertiary/aromatic N) is 2. The summed E-state index contributed by atoms with van der Waals surface area (Å²) in [5, 5.41) is 3.58. The van der Waals surface area contributed by atoms with Crippen LogP contribution in [0.5, 0.6) is 0 Å². The fourth-order valence-corrected chi connectivity index (χ4v) is 5.28. The van der Waals surface area contributed by atoms with Crippen molar-refractivity contribution in [3.63, 3.8) is 0 Å². The summed E-state index contributed by atoms with van der Waals surface area (Å²) in [5.41, 5.74) is 4.41. The lowest BCUT2D eigenvalue weighted by molar-refractivity contribution is 0.202. The van der Waals surface area contributed by atoms with Crippen molar-refractivity contribution in [2.75, 3.05) is 29.9 Å². The third kappa shape index (κ3) is 3.16. The molecule has 5 heteroatoms. The SMILES string of the molecule is CC1CCc2cc(F)cc3c2N1C(CN1CCC(c2cccc(F)c2)CC1)N3. The van der Waals surface area contributed by atoms with E-state index in [2.05, 4.69) is 22.0 Å². The van der Waals surface area contributed by atoms with Gasteiger partial charge < -0.3 is 10.2 Å². The van der Waals surface area contributed by atoms with Crippen LogP contribution in [0, 0.1) is 11.6 Å². The van der Waals surface area contributed by atoms with Crippen LogP contribution in [-0.2, 0) is 6.42 Å². The van der Waals surface area contributed by atoms with Crippen LogP contribution >= 0.6 is 0 Å². The first kappa shape index (κ1) is 17.9. The summed E-state index contributed by atoms with van der Waals surface area (Å²) in [6.07, 6.45) is 4.31. The lowest BCUT2D eigenvalue weighted by Crippen LogP contribution is -2.51. The average Bonchev–Trinajstić information content (AvgIpc) is 3.04. The quantitative estimate of drug-likeness (QED) is 0.826. The van der Waals surface area contributed by atoms with Crippen LogP contribution in [-0.4, -0.2) is 36.7 Å². The summed E-state index contributed by atoms with van der Waals surface area (Å²) in [5.74, 6) is 0.151. The summed E-state index contributed by atoms with van der Waals surface area (Å²) < 4.78 is 27.5. The van der Waals surface area contributed by atoms with E-state index in [1.165, 1.54) is 11.8 Å². The van der Waals surface area contributed by atoms with Crippen molar-refractivity contribution in [2.45, 2.75) is 50.7 Å². The van der Waals surface area contributed by atoms with Gasteiger partial charge in [0.1, 0.15) is 17.8 Å². The number of halogens is 2. The fourth-order valence-electron chi connectivity index (χ4n) is 5.28. The minimum absolute atomic E-state index is 0.144. The Hall–Kier alpha value is -2.14. The zero-order valence-corrected chi connectivity index (χ0v) is 16.3. The molecule has 2 aromatic rings. The predicted octanol–water partition coefficient (Wildman–Crippen LogP) is 4.74. The molecule has 0 amide bonds. The highest BCUT2D eigenvalue weighted by molar-refractivity contribution is 5.80. The van der Waals surface area contributed by atoms with Gasteiger partial charge in [-0.15, -0.1) is 0 Å². The Labute approximate surface area is 165 Å². The number of likely N-dealkylation sites (tertiary alicyclic amines) is 1. The Morgan fingerprint density at radius 2 is 1.86 bits per heavy atom. The number of benzene rings is 2. The Kier molecular flexibility index (Phi) is 4.50. The molecule has 0 radical (unpaired) electrons. The molecule has 148 valence electrons. The topological polar surface area (TPSA) is 18.5 Å². The molecule has 3 aliphatic rings. The summed E-state index contributed by atoms with van der Waals surface area (Å²) in [6.45, 7) is 5.22. The maximum atomic E-state index is 14.0. The summed E-state index contributed by atoms with van der Waals surface area (Å²) in [6, 6.07) is 10.9. The van der Waals surface area contributed by atoms with Crippen molar-refractivity contribution in [1.29, 1.82) is 0 Å². The monoisotopic (exact) mass is 383 g/mol. The van der Waals surface area contributed by atoms with Gasteiger partial charge in [0.25, 0.3) is 0 Å². The molecule has 3 heterocycles. The van der Waals surface area contributed by atoms with Gasteiger partial charge >= 0.3 is 0 Å². The molecule has 0 spiro atoms. The summed E-state index contributed by atoms with van der Waals surface area (Å²) in [7, 11) is 0. The van der Waals surface area contributed by atoms with Crippen molar-refractivity contribution in [3.8, 4) is 0 Å². The van der Waals surface area contributed by atoms with Crippen molar-refractivity contribution in [1.82, 2.24) is 4.90 Å². The van der Waals surface area contributed by atoms with Gasteiger partial charge in [0.2, 0.25) is 0 Å². The van der Waals surface area contributed by atoms with Crippen LogP contribution in [0.3, 0.4) is 0 Å². The van der Waals surface area contributed by atoms with E-state index in [1.54, 1.807) is 18.2 Å². The van der Waals surface area contributed by atoms with Crippen molar-refractivity contribution >= 4 is 11.4 Å². The van der Waals surface area contributed by atoms with Crippen LogP contribution in [0.15, 0.2) is 36.4 Å². The van der Waals surface area contributed by atoms with E-state index >= 15 is 0 Å².